The second-order valence-corrected chi connectivity index (χ2v) is 6.59. The molecule has 0 aromatic carbocycles. The van der Waals surface area contributed by atoms with E-state index in [9.17, 15) is 12.8 Å². The molecule has 1 fully saturated rings. The highest BCUT2D eigenvalue weighted by molar-refractivity contribution is 7.91. The van der Waals surface area contributed by atoms with Crippen LogP contribution in [0.2, 0.25) is 0 Å². The van der Waals surface area contributed by atoms with Crippen molar-refractivity contribution in [3.05, 3.63) is 36.0 Å². The monoisotopic (exact) mass is 269 g/mol. The lowest BCUT2D eigenvalue weighted by Gasteiger charge is -2.21. The summed E-state index contributed by atoms with van der Waals surface area (Å²) in [6.45, 7) is 0.406. The minimum absolute atomic E-state index is 0.0124. The minimum Gasteiger partial charge on any atom is -0.307 e. The molecule has 0 aliphatic carbocycles. The Balaban J connectivity index is 2.02. The number of rotatable bonds is 1. The third-order valence-corrected chi connectivity index (χ3v) is 4.71. The molecular weight excluding hydrogens is 257 g/mol. The van der Waals surface area contributed by atoms with Crippen LogP contribution < -0.4 is 5.32 Å². The van der Waals surface area contributed by atoms with Gasteiger partial charge in [0.25, 0.3) is 0 Å². The van der Waals surface area contributed by atoms with Crippen molar-refractivity contribution in [1.29, 1.82) is 0 Å². The van der Waals surface area contributed by atoms with Gasteiger partial charge in [-0.3, -0.25) is 4.40 Å². The van der Waals surface area contributed by atoms with Gasteiger partial charge in [0.1, 0.15) is 5.65 Å². The highest BCUT2D eigenvalue weighted by Crippen LogP contribution is 2.19. The fourth-order valence-corrected chi connectivity index (χ4v) is 3.53. The van der Waals surface area contributed by atoms with Gasteiger partial charge in [-0.2, -0.15) is 4.39 Å². The van der Waals surface area contributed by atoms with Crippen molar-refractivity contribution in [3.8, 4) is 0 Å². The van der Waals surface area contributed by atoms with E-state index < -0.39 is 15.8 Å². The van der Waals surface area contributed by atoms with Crippen LogP contribution in [-0.2, 0) is 9.84 Å². The molecule has 18 heavy (non-hydrogen) atoms. The fraction of sp³-hybridized carbons (Fsp3) is 0.364. The second kappa shape index (κ2) is 4.03. The number of imidazole rings is 1. The summed E-state index contributed by atoms with van der Waals surface area (Å²) in [4.78, 5) is 4.26. The van der Waals surface area contributed by atoms with Crippen LogP contribution >= 0.6 is 0 Å². The number of hydrogen-bond donors (Lipinski definition) is 1. The van der Waals surface area contributed by atoms with Crippen LogP contribution in [0.3, 0.4) is 0 Å². The van der Waals surface area contributed by atoms with Crippen LogP contribution in [0.4, 0.5) is 4.39 Å². The van der Waals surface area contributed by atoms with Crippen LogP contribution in [0, 0.1) is 5.95 Å². The van der Waals surface area contributed by atoms with E-state index in [1.54, 1.807) is 18.3 Å². The van der Waals surface area contributed by atoms with Crippen molar-refractivity contribution < 1.29 is 12.8 Å². The summed E-state index contributed by atoms with van der Waals surface area (Å²) in [6, 6.07) is 4.24. The van der Waals surface area contributed by atoms with E-state index in [4.69, 9.17) is 0 Å². The number of sulfone groups is 1. The van der Waals surface area contributed by atoms with Gasteiger partial charge in [0.05, 0.1) is 23.2 Å². The third kappa shape index (κ3) is 1.99. The zero-order chi connectivity index (χ0) is 12.8. The van der Waals surface area contributed by atoms with Gasteiger partial charge in [0, 0.05) is 12.7 Å². The summed E-state index contributed by atoms with van der Waals surface area (Å²) in [5, 5.41) is 3.09. The number of hydrogen-bond acceptors (Lipinski definition) is 4. The molecule has 5 nitrogen and oxygen atoms in total. The summed E-state index contributed by atoms with van der Waals surface area (Å²) in [5.74, 6) is -0.256. The Morgan fingerprint density at radius 1 is 1.44 bits per heavy atom. The lowest BCUT2D eigenvalue weighted by atomic mass is 10.2. The van der Waals surface area contributed by atoms with E-state index in [0.717, 1.165) is 0 Å². The molecule has 1 N–H and O–H groups in total. The highest BCUT2D eigenvalue weighted by atomic mass is 32.2. The van der Waals surface area contributed by atoms with Gasteiger partial charge in [0.2, 0.25) is 0 Å². The van der Waals surface area contributed by atoms with Gasteiger partial charge in [-0.1, -0.05) is 6.07 Å². The maximum Gasteiger partial charge on any atom is 0.199 e. The number of fused-ring (bicyclic) bond motifs is 1. The van der Waals surface area contributed by atoms with Crippen LogP contribution in [-0.4, -0.2) is 35.9 Å². The first-order chi connectivity index (χ1) is 8.55. The Kier molecular flexibility index (Phi) is 2.60. The minimum atomic E-state index is -3.03. The average molecular weight is 269 g/mol. The first kappa shape index (κ1) is 11.6. The molecule has 3 heterocycles. The van der Waals surface area contributed by atoms with Crippen LogP contribution in [0.25, 0.3) is 5.65 Å². The molecule has 1 aliphatic heterocycles. The quantitative estimate of drug-likeness (QED) is 0.767. The zero-order valence-electron chi connectivity index (χ0n) is 9.51. The van der Waals surface area contributed by atoms with Gasteiger partial charge in [-0.15, -0.1) is 0 Å². The molecule has 7 heteroatoms. The summed E-state index contributed by atoms with van der Waals surface area (Å²) >= 11 is 0. The summed E-state index contributed by atoms with van der Waals surface area (Å²) in [6.07, 6.45) is 1.54. The maximum absolute atomic E-state index is 13.5. The van der Waals surface area contributed by atoms with E-state index >= 15 is 0 Å². The predicted octanol–water partition coefficient (Wildman–Crippen LogP) is 0.532. The van der Waals surface area contributed by atoms with Crippen molar-refractivity contribution in [3.63, 3.8) is 0 Å². The predicted molar refractivity (Wildman–Crippen MR) is 64.5 cm³/mol. The van der Waals surface area contributed by atoms with Gasteiger partial charge in [-0.25, -0.2) is 13.4 Å². The lowest BCUT2D eigenvalue weighted by molar-refractivity contribution is 0.524. The normalized spacial score (nSPS) is 23.3. The SMILES string of the molecule is O=S1(=O)CCNC(c2cn3c(F)cccc3n2)C1. The molecule has 1 saturated heterocycles. The topological polar surface area (TPSA) is 63.5 Å². The highest BCUT2D eigenvalue weighted by Gasteiger charge is 2.27. The molecule has 1 aliphatic rings. The molecule has 0 radical (unpaired) electrons. The Morgan fingerprint density at radius 3 is 3.00 bits per heavy atom. The Bertz CT molecular complexity index is 695. The van der Waals surface area contributed by atoms with Crippen LogP contribution in [0.5, 0.6) is 0 Å². The molecule has 2 aromatic heterocycles. The van der Waals surface area contributed by atoms with E-state index in [-0.39, 0.29) is 17.5 Å². The summed E-state index contributed by atoms with van der Waals surface area (Å²) in [7, 11) is -3.03. The van der Waals surface area contributed by atoms with Gasteiger partial charge in [0.15, 0.2) is 15.8 Å². The zero-order valence-corrected chi connectivity index (χ0v) is 10.3. The molecule has 2 aromatic rings. The summed E-state index contributed by atoms with van der Waals surface area (Å²) < 4.78 is 38.0. The average Bonchev–Trinajstić information content (AvgIpc) is 2.73. The van der Waals surface area contributed by atoms with Gasteiger partial charge in [-0.05, 0) is 12.1 Å². The smallest absolute Gasteiger partial charge is 0.199 e. The molecule has 0 spiro atoms. The van der Waals surface area contributed by atoms with E-state index in [0.29, 0.717) is 17.9 Å². The lowest BCUT2D eigenvalue weighted by Crippen LogP contribution is -2.39. The first-order valence-corrected chi connectivity index (χ1v) is 7.45. The molecule has 3 rings (SSSR count). The first-order valence-electron chi connectivity index (χ1n) is 5.62. The second-order valence-electron chi connectivity index (χ2n) is 4.36. The van der Waals surface area contributed by atoms with Gasteiger partial charge < -0.3 is 5.32 Å². The number of aromatic nitrogens is 2. The van der Waals surface area contributed by atoms with Crippen molar-refractivity contribution in [2.24, 2.45) is 0 Å². The van der Waals surface area contributed by atoms with Gasteiger partial charge >= 0.3 is 0 Å². The Hall–Kier alpha value is -1.47. The molecule has 0 bridgehead atoms. The number of nitrogens with zero attached hydrogens (tertiary/aromatic N) is 2. The molecule has 1 atom stereocenters. The molecule has 0 saturated carbocycles. The fourth-order valence-electron chi connectivity index (χ4n) is 2.14. The standard InChI is InChI=1S/C11H12FN3O2S/c12-10-2-1-3-11-14-8(6-15(10)11)9-7-18(16,17)5-4-13-9/h1-3,6,9,13H,4-5,7H2. The van der Waals surface area contributed by atoms with E-state index in [1.165, 1.54) is 10.5 Å². The van der Waals surface area contributed by atoms with Crippen molar-refractivity contribution in [2.75, 3.05) is 18.1 Å². The molecule has 96 valence electrons. The van der Waals surface area contributed by atoms with Crippen molar-refractivity contribution >= 4 is 15.5 Å². The number of halogens is 1. The number of nitrogens with one attached hydrogen (secondary N) is 1. The summed E-state index contributed by atoms with van der Waals surface area (Å²) in [5.41, 5.74) is 1.04. The Labute approximate surface area is 104 Å². The number of pyridine rings is 1. The van der Waals surface area contributed by atoms with Crippen LogP contribution in [0.1, 0.15) is 11.7 Å². The van der Waals surface area contributed by atoms with Crippen LogP contribution in [0.15, 0.2) is 24.4 Å². The maximum atomic E-state index is 13.5. The van der Waals surface area contributed by atoms with E-state index in [2.05, 4.69) is 10.3 Å². The van der Waals surface area contributed by atoms with E-state index in [1.807, 2.05) is 0 Å². The molecule has 1 unspecified atom stereocenters. The third-order valence-electron chi connectivity index (χ3n) is 3.04. The molecule has 0 amide bonds. The largest absolute Gasteiger partial charge is 0.307 e. The van der Waals surface area contributed by atoms with Crippen molar-refractivity contribution in [1.82, 2.24) is 14.7 Å². The molecular formula is C11H12FN3O2S. The van der Waals surface area contributed by atoms with Crippen molar-refractivity contribution in [2.45, 2.75) is 6.04 Å². The Morgan fingerprint density at radius 2 is 2.28 bits per heavy atom.